The molecule has 2 aliphatic rings. The van der Waals surface area contributed by atoms with Crippen LogP contribution in [0.1, 0.15) is 94.3 Å². The molecule has 0 aromatic heterocycles. The second-order valence-corrected chi connectivity index (χ2v) is 10.5. The zero-order chi connectivity index (χ0) is 24.3. The van der Waals surface area contributed by atoms with E-state index in [-0.39, 0.29) is 48.1 Å². The first kappa shape index (κ1) is 26.6. The fourth-order valence-corrected chi connectivity index (χ4v) is 4.93. The van der Waals surface area contributed by atoms with Crippen LogP contribution in [0.4, 0.5) is 0 Å². The molecule has 1 aromatic rings. The third-order valence-corrected chi connectivity index (χ3v) is 6.83. The third kappa shape index (κ3) is 8.97. The van der Waals surface area contributed by atoms with E-state index < -0.39 is 11.9 Å². The van der Waals surface area contributed by atoms with Gasteiger partial charge >= 0.3 is 17.9 Å². The molecule has 0 spiro atoms. The monoisotopic (exact) mass is 490 g/mol. The molecule has 0 aliphatic heterocycles. The Hall–Kier alpha value is -2.02. The summed E-state index contributed by atoms with van der Waals surface area (Å²) >= 11 is 4.17. The lowest BCUT2D eigenvalue weighted by atomic mass is 10.0. The fraction of sp³-hybridized carbons (Fsp3) is 0.667. The van der Waals surface area contributed by atoms with Gasteiger partial charge in [0.25, 0.3) is 0 Å². The molecule has 6 nitrogen and oxygen atoms in total. The van der Waals surface area contributed by atoms with Gasteiger partial charge in [-0.1, -0.05) is 64.4 Å². The molecule has 1 aromatic carbocycles. The molecule has 0 amide bonds. The minimum Gasteiger partial charge on any atom is -0.462 e. The topological polar surface area (TPSA) is 78.9 Å². The van der Waals surface area contributed by atoms with Crippen LogP contribution < -0.4 is 4.74 Å². The van der Waals surface area contributed by atoms with Gasteiger partial charge in [-0.3, -0.25) is 9.59 Å². The molecule has 34 heavy (non-hydrogen) atoms. The Bertz CT molecular complexity index is 805. The summed E-state index contributed by atoms with van der Waals surface area (Å²) in [6, 6.07) is 6.25. The van der Waals surface area contributed by atoms with Crippen molar-refractivity contribution in [3.63, 3.8) is 0 Å². The van der Waals surface area contributed by atoms with E-state index in [2.05, 4.69) is 12.6 Å². The second kappa shape index (κ2) is 13.8. The third-order valence-electron chi connectivity index (χ3n) is 6.65. The minimum absolute atomic E-state index is 0.0373. The van der Waals surface area contributed by atoms with Crippen molar-refractivity contribution in [3.8, 4) is 5.75 Å². The Morgan fingerprint density at radius 2 is 1.56 bits per heavy atom. The predicted octanol–water partition coefficient (Wildman–Crippen LogP) is 5.92. The van der Waals surface area contributed by atoms with Crippen LogP contribution in [0.25, 0.3) is 0 Å². The molecule has 188 valence electrons. The predicted molar refractivity (Wildman–Crippen MR) is 133 cm³/mol. The summed E-state index contributed by atoms with van der Waals surface area (Å²) in [5.41, 5.74) is 0.261. The highest BCUT2D eigenvalue weighted by molar-refractivity contribution is 7.80. The number of hydrogen-bond donors (Lipinski definition) is 1. The fourth-order valence-electron chi connectivity index (χ4n) is 4.78. The molecule has 0 heterocycles. The summed E-state index contributed by atoms with van der Waals surface area (Å²) < 4.78 is 16.2. The first-order chi connectivity index (χ1) is 16.4. The number of esters is 3. The summed E-state index contributed by atoms with van der Waals surface area (Å²) in [7, 11) is 0. The standard InChI is InChI=1S/C27H38O6S/c1-19(34)17-25(29)32-21-12-10-11-20(18-21)27(30)31-16-15-24(28)33-26-22-13-8-6-4-2-3-5-7-9-14-23(22)26/h10-12,18-19,22-23,26,34H,2-9,13-17H2,1H3/t19?,22-,23?,26?/m0/s1. The van der Waals surface area contributed by atoms with Crippen LogP contribution in [0, 0.1) is 11.8 Å². The lowest BCUT2D eigenvalue weighted by Gasteiger charge is -2.08. The van der Waals surface area contributed by atoms with E-state index in [0.717, 1.165) is 12.8 Å². The number of fused-ring (bicyclic) bond motifs is 1. The van der Waals surface area contributed by atoms with Crippen molar-refractivity contribution in [2.75, 3.05) is 6.61 Å². The van der Waals surface area contributed by atoms with Gasteiger partial charge in [0, 0.05) is 17.1 Å². The molecule has 2 aliphatic carbocycles. The van der Waals surface area contributed by atoms with Crippen molar-refractivity contribution < 1.29 is 28.6 Å². The molecule has 0 radical (unpaired) electrons. The van der Waals surface area contributed by atoms with E-state index in [1.54, 1.807) is 25.1 Å². The van der Waals surface area contributed by atoms with Crippen molar-refractivity contribution in [2.45, 2.75) is 95.3 Å². The number of carbonyl (C=O) groups excluding carboxylic acids is 3. The van der Waals surface area contributed by atoms with E-state index in [9.17, 15) is 14.4 Å². The van der Waals surface area contributed by atoms with E-state index in [0.29, 0.717) is 11.8 Å². The van der Waals surface area contributed by atoms with Crippen molar-refractivity contribution in [2.24, 2.45) is 11.8 Å². The van der Waals surface area contributed by atoms with E-state index in [1.165, 1.54) is 57.4 Å². The highest BCUT2D eigenvalue weighted by atomic mass is 32.1. The maximum Gasteiger partial charge on any atom is 0.338 e. The van der Waals surface area contributed by atoms with Crippen molar-refractivity contribution >= 4 is 30.5 Å². The van der Waals surface area contributed by atoms with Gasteiger partial charge in [0.05, 0.1) is 18.4 Å². The van der Waals surface area contributed by atoms with Crippen LogP contribution in [0.3, 0.4) is 0 Å². The molecule has 2 fully saturated rings. The molecular formula is C27H38O6S. The second-order valence-electron chi connectivity index (χ2n) is 9.63. The average molecular weight is 491 g/mol. The van der Waals surface area contributed by atoms with Crippen LogP contribution >= 0.6 is 12.6 Å². The Morgan fingerprint density at radius 3 is 2.18 bits per heavy atom. The van der Waals surface area contributed by atoms with Crippen molar-refractivity contribution in [1.82, 2.24) is 0 Å². The molecule has 7 heteroatoms. The number of benzene rings is 1. The van der Waals surface area contributed by atoms with Crippen LogP contribution in [0.2, 0.25) is 0 Å². The zero-order valence-electron chi connectivity index (χ0n) is 20.2. The summed E-state index contributed by atoms with van der Waals surface area (Å²) in [5.74, 6) is -0.0165. The summed E-state index contributed by atoms with van der Waals surface area (Å²) in [6.07, 6.45) is 12.8. The number of hydrogen-bond acceptors (Lipinski definition) is 7. The zero-order valence-corrected chi connectivity index (χ0v) is 21.1. The van der Waals surface area contributed by atoms with Crippen LogP contribution in [-0.4, -0.2) is 35.9 Å². The first-order valence-electron chi connectivity index (χ1n) is 12.8. The highest BCUT2D eigenvalue weighted by Gasteiger charge is 2.51. The molecule has 2 saturated carbocycles. The van der Waals surface area contributed by atoms with Crippen LogP contribution in [0.5, 0.6) is 5.75 Å². The van der Waals surface area contributed by atoms with Gasteiger partial charge < -0.3 is 14.2 Å². The van der Waals surface area contributed by atoms with Gasteiger partial charge in [0.2, 0.25) is 0 Å². The molecule has 3 unspecified atom stereocenters. The average Bonchev–Trinajstić information content (AvgIpc) is 3.42. The van der Waals surface area contributed by atoms with Gasteiger partial charge in [-0.05, 0) is 31.0 Å². The maximum absolute atomic E-state index is 12.4. The smallest absolute Gasteiger partial charge is 0.338 e. The lowest BCUT2D eigenvalue weighted by molar-refractivity contribution is -0.146. The molecule has 4 atom stereocenters. The van der Waals surface area contributed by atoms with Gasteiger partial charge in [-0.25, -0.2) is 4.79 Å². The number of rotatable bonds is 8. The van der Waals surface area contributed by atoms with Gasteiger partial charge in [0.15, 0.2) is 0 Å². The number of thiol groups is 1. The summed E-state index contributed by atoms with van der Waals surface area (Å²) in [5, 5.41) is -0.114. The molecule has 0 saturated heterocycles. The van der Waals surface area contributed by atoms with Crippen molar-refractivity contribution in [3.05, 3.63) is 29.8 Å². The van der Waals surface area contributed by atoms with Crippen LogP contribution in [-0.2, 0) is 19.1 Å². The Morgan fingerprint density at radius 1 is 0.941 bits per heavy atom. The van der Waals surface area contributed by atoms with Gasteiger partial charge in [0.1, 0.15) is 18.5 Å². The highest BCUT2D eigenvalue weighted by Crippen LogP contribution is 2.49. The largest absolute Gasteiger partial charge is 0.462 e. The molecule has 0 N–H and O–H groups in total. The Balaban J connectivity index is 1.39. The van der Waals surface area contributed by atoms with Gasteiger partial charge in [-0.2, -0.15) is 12.6 Å². The lowest BCUT2D eigenvalue weighted by Crippen LogP contribution is -2.15. The van der Waals surface area contributed by atoms with Gasteiger partial charge in [-0.15, -0.1) is 0 Å². The number of carbonyl (C=O) groups is 3. The van der Waals surface area contributed by atoms with E-state index in [1.807, 2.05) is 0 Å². The Kier molecular flexibility index (Phi) is 10.8. The van der Waals surface area contributed by atoms with Crippen LogP contribution in [0.15, 0.2) is 24.3 Å². The summed E-state index contributed by atoms with van der Waals surface area (Å²) in [4.78, 5) is 36.5. The number of ether oxygens (including phenoxy) is 3. The molecular weight excluding hydrogens is 452 g/mol. The maximum atomic E-state index is 12.4. The first-order valence-corrected chi connectivity index (χ1v) is 13.3. The van der Waals surface area contributed by atoms with Crippen molar-refractivity contribution in [1.29, 1.82) is 0 Å². The molecule has 0 bridgehead atoms. The van der Waals surface area contributed by atoms with E-state index in [4.69, 9.17) is 14.2 Å². The molecule has 3 rings (SSSR count). The minimum atomic E-state index is -0.569. The Labute approximate surface area is 208 Å². The van der Waals surface area contributed by atoms with E-state index >= 15 is 0 Å². The SMILES string of the molecule is CC(S)CC(=O)Oc1cccc(C(=O)OCCC(=O)OC2C3CCCCCCCCCC[C@@H]32)c1. The normalized spacial score (nSPS) is 23.9. The quantitative estimate of drug-likeness (QED) is 0.277. The summed E-state index contributed by atoms with van der Waals surface area (Å²) in [6.45, 7) is 1.76.